The molecule has 216 valence electrons. The number of hydrogen-bond acceptors (Lipinski definition) is 7. The number of rotatable bonds is 7. The van der Waals surface area contributed by atoms with E-state index in [9.17, 15) is 13.9 Å². The van der Waals surface area contributed by atoms with Crippen LogP contribution in [-0.2, 0) is 0 Å². The predicted molar refractivity (Wildman–Crippen MR) is 155 cm³/mol. The zero-order chi connectivity index (χ0) is 28.9. The van der Waals surface area contributed by atoms with Crippen LogP contribution in [0.2, 0.25) is 5.02 Å². The highest BCUT2D eigenvalue weighted by Gasteiger charge is 2.43. The number of ether oxygens (including phenoxy) is 1. The molecule has 41 heavy (non-hydrogen) atoms. The molecule has 0 radical (unpaired) electrons. The fourth-order valence-corrected chi connectivity index (χ4v) is 6.02. The molecule has 2 aliphatic heterocycles. The summed E-state index contributed by atoms with van der Waals surface area (Å²) in [4.78, 5) is 12.9. The summed E-state index contributed by atoms with van der Waals surface area (Å²) in [5.41, 5.74) is 0.628. The van der Waals surface area contributed by atoms with Gasteiger partial charge in [0.2, 0.25) is 0 Å². The standard InChI is InChI=1S/C30H31ClF3N5O2/c1-17-14-39(18(2)13-35-17)28-23-12-24(31)25(22-11-20(40)10-19-6-3-4-7-21(19)22)26(32)27(23)36-29(37-28)41-9-5-8-38-15-30(33,34)16-38/h3-4,6-7,10-12,17-18,35,40H,5,8-9,13-16H2,1-2H3/t17-,18+/m1/s1. The molecule has 1 aromatic heterocycles. The maximum atomic E-state index is 16.6. The fourth-order valence-electron chi connectivity index (χ4n) is 5.73. The van der Waals surface area contributed by atoms with Crippen molar-refractivity contribution in [1.82, 2.24) is 20.2 Å². The average molecular weight is 586 g/mol. The molecule has 7 nitrogen and oxygen atoms in total. The predicted octanol–water partition coefficient (Wildman–Crippen LogP) is 5.85. The van der Waals surface area contributed by atoms with Crippen LogP contribution in [0, 0.1) is 5.82 Å². The number of benzene rings is 3. The summed E-state index contributed by atoms with van der Waals surface area (Å²) in [7, 11) is 0. The first-order valence-corrected chi connectivity index (χ1v) is 14.1. The molecular formula is C30H31ClF3N5O2. The van der Waals surface area contributed by atoms with Gasteiger partial charge in [-0.25, -0.2) is 13.2 Å². The second-order valence-electron chi connectivity index (χ2n) is 11.1. The van der Waals surface area contributed by atoms with Crippen LogP contribution in [0.5, 0.6) is 11.8 Å². The van der Waals surface area contributed by atoms with Crippen LogP contribution in [0.15, 0.2) is 42.5 Å². The third-order valence-electron chi connectivity index (χ3n) is 7.75. The molecule has 3 heterocycles. The van der Waals surface area contributed by atoms with Crippen LogP contribution in [0.1, 0.15) is 20.3 Å². The molecule has 0 aliphatic carbocycles. The van der Waals surface area contributed by atoms with E-state index in [2.05, 4.69) is 29.0 Å². The van der Waals surface area contributed by atoms with Crippen molar-refractivity contribution >= 4 is 39.1 Å². The molecule has 2 fully saturated rings. The molecule has 11 heteroatoms. The molecule has 6 rings (SSSR count). The lowest BCUT2D eigenvalue weighted by Crippen LogP contribution is -2.56. The van der Waals surface area contributed by atoms with Gasteiger partial charge in [-0.05, 0) is 54.8 Å². The van der Waals surface area contributed by atoms with Gasteiger partial charge in [0.1, 0.15) is 17.1 Å². The Bertz CT molecular complexity index is 1610. The zero-order valence-corrected chi connectivity index (χ0v) is 23.6. The Morgan fingerprint density at radius 3 is 2.68 bits per heavy atom. The highest BCUT2D eigenvalue weighted by molar-refractivity contribution is 6.35. The van der Waals surface area contributed by atoms with Gasteiger partial charge in [0, 0.05) is 42.7 Å². The largest absolute Gasteiger partial charge is 0.508 e. The van der Waals surface area contributed by atoms with Crippen molar-refractivity contribution < 1.29 is 23.0 Å². The first-order valence-electron chi connectivity index (χ1n) is 13.7. The van der Waals surface area contributed by atoms with E-state index in [0.29, 0.717) is 42.8 Å². The number of phenolic OH excluding ortho intramolecular Hbond substituents is 1. The average Bonchev–Trinajstić information content (AvgIpc) is 2.91. The number of piperazine rings is 1. The third kappa shape index (κ3) is 5.48. The molecular weight excluding hydrogens is 555 g/mol. The molecule has 0 bridgehead atoms. The lowest BCUT2D eigenvalue weighted by Gasteiger charge is -2.39. The van der Waals surface area contributed by atoms with Gasteiger partial charge in [-0.15, -0.1) is 0 Å². The monoisotopic (exact) mass is 585 g/mol. The van der Waals surface area contributed by atoms with Crippen molar-refractivity contribution in [3.63, 3.8) is 0 Å². The van der Waals surface area contributed by atoms with Crippen LogP contribution in [0.3, 0.4) is 0 Å². The Labute approximate surface area is 240 Å². The van der Waals surface area contributed by atoms with E-state index in [-0.39, 0.29) is 59.6 Å². The van der Waals surface area contributed by atoms with Gasteiger partial charge in [0.15, 0.2) is 5.82 Å². The normalized spacial score (nSPS) is 20.9. The van der Waals surface area contributed by atoms with E-state index in [0.717, 1.165) is 10.8 Å². The van der Waals surface area contributed by atoms with Gasteiger partial charge in [-0.2, -0.15) is 9.97 Å². The van der Waals surface area contributed by atoms with Gasteiger partial charge in [-0.3, -0.25) is 4.90 Å². The van der Waals surface area contributed by atoms with Crippen molar-refractivity contribution in [1.29, 1.82) is 0 Å². The summed E-state index contributed by atoms with van der Waals surface area (Å²) in [5, 5.41) is 16.0. The van der Waals surface area contributed by atoms with Crippen molar-refractivity contribution in [3.05, 3.63) is 53.3 Å². The van der Waals surface area contributed by atoms with Gasteiger partial charge in [0.25, 0.3) is 5.92 Å². The minimum Gasteiger partial charge on any atom is -0.508 e. The van der Waals surface area contributed by atoms with Crippen LogP contribution in [0.4, 0.5) is 19.0 Å². The number of nitrogens with one attached hydrogen (secondary N) is 1. The second-order valence-corrected chi connectivity index (χ2v) is 11.5. The molecule has 0 amide bonds. The summed E-state index contributed by atoms with van der Waals surface area (Å²) in [6.07, 6.45) is 0.498. The molecule has 4 aromatic rings. The summed E-state index contributed by atoms with van der Waals surface area (Å²) >= 11 is 6.79. The van der Waals surface area contributed by atoms with Gasteiger partial charge < -0.3 is 20.1 Å². The molecule has 2 saturated heterocycles. The third-order valence-corrected chi connectivity index (χ3v) is 8.05. The smallest absolute Gasteiger partial charge is 0.319 e. The number of aromatic hydroxyl groups is 1. The molecule has 2 aliphatic rings. The number of hydrogen-bond donors (Lipinski definition) is 2. The van der Waals surface area contributed by atoms with E-state index < -0.39 is 11.7 Å². The number of aromatic nitrogens is 2. The van der Waals surface area contributed by atoms with Gasteiger partial charge in [-0.1, -0.05) is 35.9 Å². The number of likely N-dealkylation sites (tertiary alicyclic amines) is 1. The molecule has 0 unspecified atom stereocenters. The molecule has 2 N–H and O–H groups in total. The Morgan fingerprint density at radius 2 is 1.90 bits per heavy atom. The minimum absolute atomic E-state index is 0.00719. The van der Waals surface area contributed by atoms with Crippen molar-refractivity contribution in [2.45, 2.75) is 38.3 Å². The quantitative estimate of drug-likeness (QED) is 0.263. The highest BCUT2D eigenvalue weighted by Crippen LogP contribution is 2.42. The lowest BCUT2D eigenvalue weighted by atomic mass is 9.96. The Morgan fingerprint density at radius 1 is 1.12 bits per heavy atom. The molecule has 0 saturated carbocycles. The Kier molecular flexibility index (Phi) is 7.33. The van der Waals surface area contributed by atoms with Gasteiger partial charge in [0.05, 0.1) is 24.7 Å². The lowest BCUT2D eigenvalue weighted by molar-refractivity contribution is -0.130. The van der Waals surface area contributed by atoms with Crippen molar-refractivity contribution in [2.24, 2.45) is 0 Å². The van der Waals surface area contributed by atoms with Crippen molar-refractivity contribution in [3.8, 4) is 22.9 Å². The first kappa shape index (κ1) is 27.8. The van der Waals surface area contributed by atoms with Crippen LogP contribution >= 0.6 is 11.6 Å². The van der Waals surface area contributed by atoms with E-state index in [1.54, 1.807) is 17.0 Å². The number of alkyl halides is 2. The van der Waals surface area contributed by atoms with Crippen LogP contribution in [0.25, 0.3) is 32.8 Å². The number of halogens is 4. The summed E-state index contributed by atoms with van der Waals surface area (Å²) in [5.74, 6) is -2.76. The summed E-state index contributed by atoms with van der Waals surface area (Å²) in [6, 6.07) is 12.4. The number of phenols is 1. The Hall–Kier alpha value is -3.34. The zero-order valence-electron chi connectivity index (χ0n) is 22.8. The number of anilines is 1. The number of nitrogens with zero attached hydrogens (tertiary/aromatic N) is 4. The first-order chi connectivity index (χ1) is 19.6. The second kappa shape index (κ2) is 10.8. The highest BCUT2D eigenvalue weighted by atomic mass is 35.5. The molecule has 0 spiro atoms. The SMILES string of the molecule is C[C@@H]1CN(c2nc(OCCCN3CC(F)(F)C3)nc3c(F)c(-c4cc(O)cc5ccccc45)c(Cl)cc23)[C@@H](C)CN1. The number of fused-ring (bicyclic) bond motifs is 2. The van der Waals surface area contributed by atoms with Gasteiger partial charge >= 0.3 is 6.01 Å². The van der Waals surface area contributed by atoms with E-state index in [1.165, 1.54) is 6.07 Å². The summed E-state index contributed by atoms with van der Waals surface area (Å²) in [6.45, 7) is 5.63. The van der Waals surface area contributed by atoms with E-state index in [1.807, 2.05) is 24.3 Å². The van der Waals surface area contributed by atoms with E-state index in [4.69, 9.17) is 21.3 Å². The fraction of sp³-hybridized carbons (Fsp3) is 0.400. The maximum absolute atomic E-state index is 16.6. The summed E-state index contributed by atoms with van der Waals surface area (Å²) < 4.78 is 48.8. The van der Waals surface area contributed by atoms with Crippen LogP contribution in [-0.4, -0.2) is 77.3 Å². The minimum atomic E-state index is -2.62. The maximum Gasteiger partial charge on any atom is 0.319 e. The Balaban J connectivity index is 1.42. The molecule has 3 aromatic carbocycles. The van der Waals surface area contributed by atoms with E-state index >= 15 is 4.39 Å². The van der Waals surface area contributed by atoms with Crippen molar-refractivity contribution in [2.75, 3.05) is 44.2 Å². The molecule has 2 atom stereocenters. The topological polar surface area (TPSA) is 73.8 Å². The van der Waals surface area contributed by atoms with Crippen LogP contribution < -0.4 is 15.0 Å².